The van der Waals surface area contributed by atoms with Gasteiger partial charge >= 0.3 is 0 Å². The van der Waals surface area contributed by atoms with Crippen LogP contribution in [0.15, 0.2) is 18.2 Å². The average molecular weight is 287 g/mol. The van der Waals surface area contributed by atoms with Gasteiger partial charge in [0.2, 0.25) is 0 Å². The van der Waals surface area contributed by atoms with Gasteiger partial charge in [0.15, 0.2) is 0 Å². The summed E-state index contributed by atoms with van der Waals surface area (Å²) >= 11 is 11.0. The smallest absolute Gasteiger partial charge is 0.106 e. The van der Waals surface area contributed by atoms with E-state index in [0.717, 1.165) is 17.8 Å². The lowest BCUT2D eigenvalue weighted by Gasteiger charge is -2.30. The molecule has 0 aliphatic rings. The van der Waals surface area contributed by atoms with Gasteiger partial charge in [-0.1, -0.05) is 23.8 Å². The molecule has 18 heavy (non-hydrogen) atoms. The minimum Gasteiger partial charge on any atom is -0.396 e. The van der Waals surface area contributed by atoms with Crippen molar-refractivity contribution in [1.29, 1.82) is 0 Å². The van der Waals surface area contributed by atoms with Gasteiger partial charge in [-0.3, -0.25) is 0 Å². The standard InChI is InChI=1S/C13H19ClN2OS/c1-9(2)16(6-3-7-17)12-5-4-10(14)8-11(12)13(15)18/h4-5,8-9,17H,3,6-7H2,1-2H3,(H2,15,18). The number of nitrogens with zero attached hydrogens (tertiary/aromatic N) is 1. The van der Waals surface area contributed by atoms with Crippen LogP contribution in [0.3, 0.4) is 0 Å². The number of nitrogens with two attached hydrogens (primary N) is 1. The Bertz CT molecular complexity index is 423. The monoisotopic (exact) mass is 286 g/mol. The van der Waals surface area contributed by atoms with Gasteiger partial charge in [0, 0.05) is 35.5 Å². The van der Waals surface area contributed by atoms with Crippen LogP contribution >= 0.6 is 23.8 Å². The second-order valence-electron chi connectivity index (χ2n) is 4.39. The highest BCUT2D eigenvalue weighted by atomic mass is 35.5. The van der Waals surface area contributed by atoms with E-state index in [9.17, 15) is 0 Å². The Balaban J connectivity index is 3.14. The van der Waals surface area contributed by atoms with E-state index < -0.39 is 0 Å². The van der Waals surface area contributed by atoms with Crippen LogP contribution in [0.1, 0.15) is 25.8 Å². The molecule has 0 saturated carbocycles. The van der Waals surface area contributed by atoms with Crippen LogP contribution in [-0.2, 0) is 0 Å². The van der Waals surface area contributed by atoms with Crippen LogP contribution in [0.25, 0.3) is 0 Å². The quantitative estimate of drug-likeness (QED) is 0.789. The number of rotatable bonds is 6. The summed E-state index contributed by atoms with van der Waals surface area (Å²) < 4.78 is 0. The maximum Gasteiger partial charge on any atom is 0.106 e. The lowest BCUT2D eigenvalue weighted by atomic mass is 10.1. The summed E-state index contributed by atoms with van der Waals surface area (Å²) in [7, 11) is 0. The van der Waals surface area contributed by atoms with Crippen LogP contribution < -0.4 is 10.6 Å². The molecule has 3 N–H and O–H groups in total. The molecule has 1 rings (SSSR count). The Kier molecular flexibility index (Phi) is 5.85. The van der Waals surface area contributed by atoms with Gasteiger partial charge in [-0.05, 0) is 38.5 Å². The van der Waals surface area contributed by atoms with Gasteiger partial charge in [-0.2, -0.15) is 0 Å². The molecule has 0 amide bonds. The summed E-state index contributed by atoms with van der Waals surface area (Å²) in [5, 5.41) is 9.59. The second-order valence-corrected chi connectivity index (χ2v) is 5.27. The van der Waals surface area contributed by atoms with Crippen molar-refractivity contribution >= 4 is 34.5 Å². The van der Waals surface area contributed by atoms with Gasteiger partial charge in [-0.25, -0.2) is 0 Å². The highest BCUT2D eigenvalue weighted by Crippen LogP contribution is 2.26. The number of aliphatic hydroxyl groups is 1. The molecule has 1 aromatic carbocycles. The fourth-order valence-electron chi connectivity index (χ4n) is 1.85. The summed E-state index contributed by atoms with van der Waals surface area (Å²) in [6.07, 6.45) is 0.706. The molecule has 0 bridgehead atoms. The van der Waals surface area contributed by atoms with Crippen LogP contribution in [0.4, 0.5) is 5.69 Å². The summed E-state index contributed by atoms with van der Waals surface area (Å²) in [5.74, 6) is 0. The van der Waals surface area contributed by atoms with Crippen molar-refractivity contribution in [1.82, 2.24) is 0 Å². The average Bonchev–Trinajstić information content (AvgIpc) is 2.30. The lowest BCUT2D eigenvalue weighted by molar-refractivity contribution is 0.288. The minimum absolute atomic E-state index is 0.166. The number of halogens is 1. The largest absolute Gasteiger partial charge is 0.396 e. The molecule has 0 fully saturated rings. The molecule has 0 heterocycles. The van der Waals surface area contributed by atoms with Gasteiger partial charge in [-0.15, -0.1) is 0 Å². The van der Waals surface area contributed by atoms with Gasteiger partial charge < -0.3 is 15.7 Å². The molecular weight excluding hydrogens is 268 g/mol. The summed E-state index contributed by atoms with van der Waals surface area (Å²) in [6.45, 7) is 5.11. The topological polar surface area (TPSA) is 49.5 Å². The van der Waals surface area contributed by atoms with Gasteiger partial charge in [0.05, 0.1) is 0 Å². The Hall–Kier alpha value is -0.840. The molecule has 0 saturated heterocycles. The molecule has 0 atom stereocenters. The van der Waals surface area contributed by atoms with Gasteiger partial charge in [0.1, 0.15) is 4.99 Å². The van der Waals surface area contributed by atoms with Crippen molar-refractivity contribution in [2.24, 2.45) is 5.73 Å². The third-order valence-electron chi connectivity index (χ3n) is 2.71. The molecule has 3 nitrogen and oxygen atoms in total. The van der Waals surface area contributed by atoms with E-state index in [0.29, 0.717) is 22.5 Å². The SMILES string of the molecule is CC(C)N(CCCO)c1ccc(Cl)cc1C(N)=S. The molecule has 0 aromatic heterocycles. The number of hydrogen-bond acceptors (Lipinski definition) is 3. The van der Waals surface area contributed by atoms with Gasteiger partial charge in [0.25, 0.3) is 0 Å². The zero-order chi connectivity index (χ0) is 13.7. The van der Waals surface area contributed by atoms with E-state index in [4.69, 9.17) is 34.7 Å². The Morgan fingerprint density at radius 2 is 2.17 bits per heavy atom. The molecule has 5 heteroatoms. The van der Waals surface area contributed by atoms with Crippen LogP contribution in [0, 0.1) is 0 Å². The fraction of sp³-hybridized carbons (Fsp3) is 0.462. The first-order valence-corrected chi connectivity index (χ1v) is 6.72. The number of aliphatic hydroxyl groups excluding tert-OH is 1. The molecule has 0 aliphatic heterocycles. The maximum absolute atomic E-state index is 8.97. The third-order valence-corrected chi connectivity index (χ3v) is 3.17. The minimum atomic E-state index is 0.166. The van der Waals surface area contributed by atoms with E-state index in [1.54, 1.807) is 6.07 Å². The van der Waals surface area contributed by atoms with Crippen LogP contribution in [0.5, 0.6) is 0 Å². The second kappa shape index (κ2) is 6.92. The van der Waals surface area contributed by atoms with Crippen molar-refractivity contribution in [3.05, 3.63) is 28.8 Å². The van der Waals surface area contributed by atoms with E-state index >= 15 is 0 Å². The molecule has 0 aliphatic carbocycles. The number of thiocarbonyl (C=S) groups is 1. The summed E-state index contributed by atoms with van der Waals surface area (Å²) in [6, 6.07) is 5.83. The zero-order valence-electron chi connectivity index (χ0n) is 10.7. The number of benzene rings is 1. The lowest BCUT2D eigenvalue weighted by Crippen LogP contribution is -2.34. The molecule has 0 spiro atoms. The fourth-order valence-corrected chi connectivity index (χ4v) is 2.19. The van der Waals surface area contributed by atoms with E-state index in [2.05, 4.69) is 18.7 Å². The molecule has 100 valence electrons. The zero-order valence-corrected chi connectivity index (χ0v) is 12.3. The van der Waals surface area contributed by atoms with Crippen molar-refractivity contribution < 1.29 is 5.11 Å². The molecule has 0 radical (unpaired) electrons. The Labute approximate surface area is 119 Å². The highest BCUT2D eigenvalue weighted by Gasteiger charge is 2.15. The highest BCUT2D eigenvalue weighted by molar-refractivity contribution is 7.80. The van der Waals surface area contributed by atoms with E-state index in [1.807, 2.05) is 12.1 Å². The normalized spacial score (nSPS) is 10.7. The molecule has 1 aromatic rings. The van der Waals surface area contributed by atoms with Crippen molar-refractivity contribution in [3.8, 4) is 0 Å². The van der Waals surface area contributed by atoms with Crippen LogP contribution in [0.2, 0.25) is 5.02 Å². The summed E-state index contributed by atoms with van der Waals surface area (Å²) in [5.41, 5.74) is 7.50. The third kappa shape index (κ3) is 3.83. The molecular formula is C13H19ClN2OS. The van der Waals surface area contributed by atoms with Crippen molar-refractivity contribution in [2.45, 2.75) is 26.3 Å². The van der Waals surface area contributed by atoms with Crippen molar-refractivity contribution in [3.63, 3.8) is 0 Å². The Morgan fingerprint density at radius 3 is 2.67 bits per heavy atom. The number of hydrogen-bond donors (Lipinski definition) is 2. The first-order valence-electron chi connectivity index (χ1n) is 5.94. The first-order chi connectivity index (χ1) is 8.47. The summed E-state index contributed by atoms with van der Waals surface area (Å²) in [4.78, 5) is 2.50. The van der Waals surface area contributed by atoms with Crippen LogP contribution in [-0.4, -0.2) is 29.3 Å². The van der Waals surface area contributed by atoms with Crippen molar-refractivity contribution in [2.75, 3.05) is 18.1 Å². The maximum atomic E-state index is 8.97. The van der Waals surface area contributed by atoms with E-state index in [-0.39, 0.29) is 6.61 Å². The molecule has 0 unspecified atom stereocenters. The predicted molar refractivity (Wildman–Crippen MR) is 81.5 cm³/mol. The first kappa shape index (κ1) is 15.2. The number of anilines is 1. The Morgan fingerprint density at radius 1 is 1.50 bits per heavy atom. The van der Waals surface area contributed by atoms with E-state index in [1.165, 1.54) is 0 Å². The predicted octanol–water partition coefficient (Wildman–Crippen LogP) is 2.57.